The van der Waals surface area contributed by atoms with Gasteiger partial charge in [-0.25, -0.2) is 0 Å². The van der Waals surface area contributed by atoms with Gasteiger partial charge in [0.25, 0.3) is 0 Å². The van der Waals surface area contributed by atoms with E-state index in [1.165, 1.54) is 5.56 Å². The average molecular weight is 373 g/mol. The van der Waals surface area contributed by atoms with E-state index < -0.39 is 0 Å². The zero-order valence-electron chi connectivity index (χ0n) is 10.3. The number of hydrogen-bond donors (Lipinski definition) is 1. The minimum Gasteiger partial charge on any atom is -0.464 e. The molecule has 0 bridgehead atoms. The summed E-state index contributed by atoms with van der Waals surface area (Å²) >= 11 is 7.12. The minimum absolute atomic E-state index is 0.0653. The van der Waals surface area contributed by atoms with Gasteiger partial charge in [-0.15, -0.1) is 0 Å². The Balaban J connectivity index is 2.44. The number of halogens is 2. The van der Waals surface area contributed by atoms with Gasteiger partial charge in [0.15, 0.2) is 0 Å². The van der Waals surface area contributed by atoms with E-state index in [1.54, 1.807) is 0 Å². The van der Waals surface area contributed by atoms with Crippen LogP contribution in [0.3, 0.4) is 0 Å². The first-order chi connectivity index (χ1) is 8.61. The molecule has 0 aliphatic carbocycles. The first-order valence-corrected chi connectivity index (χ1v) is 7.45. The van der Waals surface area contributed by atoms with Crippen LogP contribution in [0.5, 0.6) is 0 Å². The van der Waals surface area contributed by atoms with Crippen LogP contribution in [-0.4, -0.2) is 6.54 Å². The molecule has 2 aromatic rings. The highest BCUT2D eigenvalue weighted by Crippen LogP contribution is 2.31. The lowest BCUT2D eigenvalue weighted by atomic mass is 10.0. The van der Waals surface area contributed by atoms with Gasteiger partial charge in [0.05, 0.1) is 6.04 Å². The van der Waals surface area contributed by atoms with Crippen LogP contribution in [0.15, 0.2) is 43.7 Å². The van der Waals surface area contributed by atoms with Crippen molar-refractivity contribution < 1.29 is 4.42 Å². The molecular formula is C14H15Br2NO. The summed E-state index contributed by atoms with van der Waals surface area (Å²) in [6, 6.07) is 10.2. The summed E-state index contributed by atoms with van der Waals surface area (Å²) in [6.07, 6.45) is 0. The van der Waals surface area contributed by atoms with Crippen molar-refractivity contribution in [2.24, 2.45) is 0 Å². The van der Waals surface area contributed by atoms with Crippen molar-refractivity contribution >= 4 is 31.9 Å². The molecule has 1 atom stereocenters. The standard InChI is InChI=1S/C14H15Br2NO/c1-3-17-14(13-7-4-9(2)18-13)11-8-10(15)5-6-12(11)16/h4-8,14,17H,3H2,1-2H3. The van der Waals surface area contributed by atoms with Crippen molar-refractivity contribution in [1.82, 2.24) is 5.32 Å². The first-order valence-electron chi connectivity index (χ1n) is 5.86. The second-order valence-electron chi connectivity index (χ2n) is 4.10. The van der Waals surface area contributed by atoms with E-state index in [2.05, 4.69) is 50.2 Å². The molecule has 4 heteroatoms. The number of rotatable bonds is 4. The second kappa shape index (κ2) is 6.04. The first kappa shape index (κ1) is 13.8. The quantitative estimate of drug-likeness (QED) is 0.832. The molecule has 0 saturated carbocycles. The van der Waals surface area contributed by atoms with Gasteiger partial charge in [-0.3, -0.25) is 0 Å². The maximum Gasteiger partial charge on any atom is 0.125 e. The SMILES string of the molecule is CCNC(c1ccc(C)o1)c1cc(Br)ccc1Br. The second-order valence-corrected chi connectivity index (χ2v) is 5.87. The zero-order chi connectivity index (χ0) is 13.1. The van der Waals surface area contributed by atoms with E-state index in [1.807, 2.05) is 31.2 Å². The summed E-state index contributed by atoms with van der Waals surface area (Å²) in [7, 11) is 0. The molecule has 0 aliphatic rings. The summed E-state index contributed by atoms with van der Waals surface area (Å²) in [6.45, 7) is 4.93. The van der Waals surface area contributed by atoms with Gasteiger partial charge >= 0.3 is 0 Å². The number of nitrogens with one attached hydrogen (secondary N) is 1. The van der Waals surface area contributed by atoms with Crippen LogP contribution in [-0.2, 0) is 0 Å². The van der Waals surface area contributed by atoms with Crippen LogP contribution < -0.4 is 5.32 Å². The Labute approximate surface area is 124 Å². The van der Waals surface area contributed by atoms with Gasteiger partial charge in [0, 0.05) is 8.95 Å². The maximum atomic E-state index is 5.75. The van der Waals surface area contributed by atoms with Gasteiger partial charge in [-0.05, 0) is 49.4 Å². The Hall–Kier alpha value is -0.580. The van der Waals surface area contributed by atoms with E-state index in [-0.39, 0.29) is 6.04 Å². The van der Waals surface area contributed by atoms with Crippen molar-refractivity contribution in [2.75, 3.05) is 6.54 Å². The molecule has 1 aromatic heterocycles. The molecule has 2 nitrogen and oxygen atoms in total. The molecule has 0 aliphatic heterocycles. The number of benzene rings is 1. The molecule has 0 amide bonds. The molecule has 18 heavy (non-hydrogen) atoms. The molecule has 1 aromatic carbocycles. The molecule has 0 spiro atoms. The summed E-state index contributed by atoms with van der Waals surface area (Å²) in [5.74, 6) is 1.87. The highest BCUT2D eigenvalue weighted by molar-refractivity contribution is 9.11. The Morgan fingerprint density at radius 3 is 2.61 bits per heavy atom. The summed E-state index contributed by atoms with van der Waals surface area (Å²) < 4.78 is 7.89. The van der Waals surface area contributed by atoms with Gasteiger partial charge in [-0.2, -0.15) is 0 Å². The monoisotopic (exact) mass is 371 g/mol. The summed E-state index contributed by atoms with van der Waals surface area (Å²) in [5, 5.41) is 3.45. The van der Waals surface area contributed by atoms with Crippen LogP contribution in [0.25, 0.3) is 0 Å². The fourth-order valence-corrected chi connectivity index (χ4v) is 2.77. The molecule has 0 radical (unpaired) electrons. The van der Waals surface area contributed by atoms with E-state index in [0.29, 0.717) is 0 Å². The molecule has 0 saturated heterocycles. The van der Waals surface area contributed by atoms with Crippen molar-refractivity contribution in [2.45, 2.75) is 19.9 Å². The van der Waals surface area contributed by atoms with Crippen molar-refractivity contribution in [3.63, 3.8) is 0 Å². The van der Waals surface area contributed by atoms with Crippen LogP contribution in [0, 0.1) is 6.92 Å². The maximum absolute atomic E-state index is 5.75. The molecule has 1 N–H and O–H groups in total. The molecule has 1 unspecified atom stereocenters. The summed E-state index contributed by atoms with van der Waals surface area (Å²) in [4.78, 5) is 0. The number of furan rings is 1. The smallest absolute Gasteiger partial charge is 0.125 e. The Bertz CT molecular complexity index is 536. The fraction of sp³-hybridized carbons (Fsp3) is 0.286. The van der Waals surface area contributed by atoms with Crippen LogP contribution in [0.2, 0.25) is 0 Å². The lowest BCUT2D eigenvalue weighted by molar-refractivity contribution is 0.434. The third-order valence-electron chi connectivity index (χ3n) is 2.72. The molecule has 96 valence electrons. The van der Waals surface area contributed by atoms with Crippen LogP contribution in [0.4, 0.5) is 0 Å². The van der Waals surface area contributed by atoms with E-state index in [0.717, 1.165) is 27.0 Å². The molecule has 0 fully saturated rings. The Morgan fingerprint density at radius 1 is 1.22 bits per heavy atom. The minimum atomic E-state index is 0.0653. The summed E-state index contributed by atoms with van der Waals surface area (Å²) in [5.41, 5.74) is 1.17. The molecule has 1 heterocycles. The number of hydrogen-bond acceptors (Lipinski definition) is 2. The van der Waals surface area contributed by atoms with Crippen LogP contribution in [0.1, 0.15) is 30.0 Å². The van der Waals surface area contributed by atoms with E-state index in [4.69, 9.17) is 4.42 Å². The average Bonchev–Trinajstić information content (AvgIpc) is 2.76. The van der Waals surface area contributed by atoms with E-state index >= 15 is 0 Å². The molecule has 2 rings (SSSR count). The fourth-order valence-electron chi connectivity index (χ4n) is 1.91. The van der Waals surface area contributed by atoms with Crippen molar-refractivity contribution in [1.29, 1.82) is 0 Å². The third-order valence-corrected chi connectivity index (χ3v) is 3.94. The largest absolute Gasteiger partial charge is 0.464 e. The van der Waals surface area contributed by atoms with E-state index in [9.17, 15) is 0 Å². The van der Waals surface area contributed by atoms with Crippen LogP contribution >= 0.6 is 31.9 Å². The Kier molecular flexibility index (Phi) is 4.65. The third kappa shape index (κ3) is 3.05. The predicted molar refractivity (Wildman–Crippen MR) is 80.8 cm³/mol. The lowest BCUT2D eigenvalue weighted by Crippen LogP contribution is -2.21. The predicted octanol–water partition coefficient (Wildman–Crippen LogP) is 4.81. The number of aryl methyl sites for hydroxylation is 1. The topological polar surface area (TPSA) is 25.2 Å². The van der Waals surface area contributed by atoms with Gasteiger partial charge in [0.2, 0.25) is 0 Å². The molecular weight excluding hydrogens is 358 g/mol. The van der Waals surface area contributed by atoms with Gasteiger partial charge in [-0.1, -0.05) is 38.8 Å². The van der Waals surface area contributed by atoms with Crippen molar-refractivity contribution in [3.8, 4) is 0 Å². The van der Waals surface area contributed by atoms with Gasteiger partial charge in [0.1, 0.15) is 11.5 Å². The lowest BCUT2D eigenvalue weighted by Gasteiger charge is -2.18. The van der Waals surface area contributed by atoms with Gasteiger partial charge < -0.3 is 9.73 Å². The highest BCUT2D eigenvalue weighted by Gasteiger charge is 2.19. The van der Waals surface area contributed by atoms with Crippen molar-refractivity contribution in [3.05, 3.63) is 56.4 Å². The normalized spacial score (nSPS) is 12.7. The Morgan fingerprint density at radius 2 is 2.00 bits per heavy atom. The highest BCUT2D eigenvalue weighted by atomic mass is 79.9. The zero-order valence-corrected chi connectivity index (χ0v) is 13.5.